The van der Waals surface area contributed by atoms with Crippen LogP contribution in [0.5, 0.6) is 0 Å². The predicted molar refractivity (Wildman–Crippen MR) is 54.0 cm³/mol. The fourth-order valence-corrected chi connectivity index (χ4v) is 0.642. The molecule has 0 aliphatic heterocycles. The molecule has 0 spiro atoms. The second-order valence-electron chi connectivity index (χ2n) is 1.92. The summed E-state index contributed by atoms with van der Waals surface area (Å²) >= 11 is 0. The molecule has 0 fully saturated rings. The number of hydrogen-bond acceptors (Lipinski definition) is 2. The van der Waals surface area contributed by atoms with Crippen molar-refractivity contribution in [3.8, 4) is 0 Å². The van der Waals surface area contributed by atoms with Crippen molar-refractivity contribution in [2.75, 3.05) is 0 Å². The van der Waals surface area contributed by atoms with Crippen LogP contribution in [-0.4, -0.2) is 0 Å². The van der Waals surface area contributed by atoms with Gasteiger partial charge >= 0.3 is 18.6 Å². The Kier molecular flexibility index (Phi) is 28.8. The number of nitrogens with zero attached hydrogens (tertiary/aromatic N) is 2. The van der Waals surface area contributed by atoms with Crippen molar-refractivity contribution >= 4 is 0 Å². The summed E-state index contributed by atoms with van der Waals surface area (Å²) in [6, 6.07) is 20.0. The Balaban J connectivity index is -0.000000138. The van der Waals surface area contributed by atoms with Crippen molar-refractivity contribution in [3.63, 3.8) is 0 Å². The van der Waals surface area contributed by atoms with Crippen LogP contribution in [-0.2, 0) is 18.6 Å². The van der Waals surface area contributed by atoms with Crippen LogP contribution in [0, 0.1) is 23.7 Å². The van der Waals surface area contributed by atoms with Crippen molar-refractivity contribution in [2.24, 2.45) is 0 Å². The van der Waals surface area contributed by atoms with Gasteiger partial charge in [-0.15, -0.1) is 0 Å². The molecule has 0 bridgehead atoms. The Morgan fingerprint density at radius 2 is 0.800 bits per heavy atom. The first-order valence-electron chi connectivity index (χ1n) is 3.78. The molecule has 15 heavy (non-hydrogen) atoms. The van der Waals surface area contributed by atoms with Crippen LogP contribution in [0.3, 0.4) is 0 Å². The molecule has 3 heteroatoms. The summed E-state index contributed by atoms with van der Waals surface area (Å²) in [6.07, 6.45) is 0. The van der Waals surface area contributed by atoms with Gasteiger partial charge in [0.25, 0.3) is 0 Å². The van der Waals surface area contributed by atoms with E-state index in [1.165, 1.54) is 0 Å². The van der Waals surface area contributed by atoms with Crippen molar-refractivity contribution < 1.29 is 18.6 Å². The van der Waals surface area contributed by atoms with Gasteiger partial charge < -0.3 is 23.7 Å². The zero-order valence-electron chi connectivity index (χ0n) is 8.12. The Morgan fingerprint density at radius 3 is 0.867 bits per heavy atom. The Bertz CT molecular complexity index is 213. The minimum Gasteiger partial charge on any atom is -0.512 e. The maximum atomic E-state index is 6.25. The van der Waals surface area contributed by atoms with Crippen LogP contribution in [0.2, 0.25) is 0 Å². The maximum Gasteiger partial charge on any atom is 4.00 e. The summed E-state index contributed by atoms with van der Waals surface area (Å²) < 4.78 is 0. The van der Waals surface area contributed by atoms with E-state index >= 15 is 0 Å². The van der Waals surface area contributed by atoms with Gasteiger partial charge in [0.2, 0.25) is 0 Å². The summed E-state index contributed by atoms with van der Waals surface area (Å²) in [7, 11) is 0. The smallest absolute Gasteiger partial charge is 0.512 e. The zero-order chi connectivity index (χ0) is 11.1. The van der Waals surface area contributed by atoms with Crippen LogP contribution in [0.1, 0.15) is 0 Å². The molecule has 2 aromatic carbocycles. The standard InChI is InChI=1S/2C5H5.2CN.V/c2*1-2-4-5-3-1;2*1-2;/h2*1-5H;;;/q4*-1;+4. The Morgan fingerprint density at radius 1 is 0.600 bits per heavy atom. The fraction of sp³-hybridized carbons (Fsp3) is 0. The molecular weight excluding hydrogens is 223 g/mol. The molecule has 73 valence electrons. The van der Waals surface area contributed by atoms with E-state index in [1.807, 2.05) is 60.7 Å². The average molecular weight is 233 g/mol. The van der Waals surface area contributed by atoms with Crippen LogP contribution in [0.4, 0.5) is 0 Å². The normalized spacial score (nSPS) is 5.60. The molecule has 0 saturated heterocycles. The third-order valence-electron chi connectivity index (χ3n) is 1.11. The summed E-state index contributed by atoms with van der Waals surface area (Å²) in [4.78, 5) is 0. The van der Waals surface area contributed by atoms with E-state index < -0.39 is 0 Å². The van der Waals surface area contributed by atoms with Gasteiger partial charge in [0.05, 0.1) is 0 Å². The van der Waals surface area contributed by atoms with E-state index in [0.29, 0.717) is 0 Å². The quantitative estimate of drug-likeness (QED) is 0.656. The van der Waals surface area contributed by atoms with Crippen LogP contribution in [0.15, 0.2) is 60.7 Å². The topological polar surface area (TPSA) is 47.6 Å². The molecule has 0 N–H and O–H groups in total. The van der Waals surface area contributed by atoms with Crippen molar-refractivity contribution in [2.45, 2.75) is 0 Å². The first-order valence-corrected chi connectivity index (χ1v) is 3.78. The molecule has 0 aliphatic carbocycles. The molecule has 0 amide bonds. The van der Waals surface area contributed by atoms with E-state index in [1.54, 1.807) is 0 Å². The molecule has 2 nitrogen and oxygen atoms in total. The zero-order valence-corrected chi connectivity index (χ0v) is 9.51. The van der Waals surface area contributed by atoms with Gasteiger partial charge in [-0.1, -0.05) is 0 Å². The Hall–Kier alpha value is -1.74. The monoisotopic (exact) mass is 233 g/mol. The van der Waals surface area contributed by atoms with Crippen molar-refractivity contribution in [1.29, 1.82) is 10.5 Å². The van der Waals surface area contributed by atoms with E-state index in [4.69, 9.17) is 23.7 Å². The van der Waals surface area contributed by atoms with Crippen LogP contribution >= 0.6 is 0 Å². The van der Waals surface area contributed by atoms with Gasteiger partial charge in [0.1, 0.15) is 0 Å². The molecule has 0 aliphatic rings. The second kappa shape index (κ2) is 22.8. The summed E-state index contributed by atoms with van der Waals surface area (Å²) in [5.41, 5.74) is 0. The number of hydrogen-bond donors (Lipinski definition) is 0. The van der Waals surface area contributed by atoms with Crippen molar-refractivity contribution in [1.82, 2.24) is 0 Å². The Labute approximate surface area is 103 Å². The van der Waals surface area contributed by atoms with E-state index in [-0.39, 0.29) is 18.6 Å². The van der Waals surface area contributed by atoms with Gasteiger partial charge in [-0.25, -0.2) is 24.3 Å². The van der Waals surface area contributed by atoms with E-state index in [2.05, 4.69) is 0 Å². The molecule has 0 heterocycles. The molecule has 0 unspecified atom stereocenters. The van der Waals surface area contributed by atoms with Crippen molar-refractivity contribution in [3.05, 3.63) is 73.8 Å². The molecule has 0 aromatic heterocycles. The SMILES string of the molecule is [C-]#N.[C-]#N.[V+4].c1cc[cH-]c1.c1cc[cH-]c1. The van der Waals surface area contributed by atoms with Crippen LogP contribution in [0.25, 0.3) is 0 Å². The maximum absolute atomic E-state index is 6.25. The number of rotatable bonds is 0. The molecule has 1 radical (unpaired) electrons. The first kappa shape index (κ1) is 18.9. The summed E-state index contributed by atoms with van der Waals surface area (Å²) in [5.74, 6) is 0. The minimum absolute atomic E-state index is 0. The minimum atomic E-state index is 0. The largest absolute Gasteiger partial charge is 4.00 e. The van der Waals surface area contributed by atoms with E-state index in [0.717, 1.165) is 0 Å². The summed E-state index contributed by atoms with van der Waals surface area (Å²) in [6.45, 7) is 9.50. The molecule has 2 aromatic rings. The molecule has 0 saturated carbocycles. The van der Waals surface area contributed by atoms with E-state index in [9.17, 15) is 0 Å². The van der Waals surface area contributed by atoms with Gasteiger partial charge in [-0.3, -0.25) is 0 Å². The van der Waals surface area contributed by atoms with Gasteiger partial charge in [0.15, 0.2) is 0 Å². The fourth-order valence-electron chi connectivity index (χ4n) is 0.642. The molecule has 0 atom stereocenters. The van der Waals surface area contributed by atoms with Gasteiger partial charge in [-0.05, 0) is 0 Å². The predicted octanol–water partition coefficient (Wildman–Crippen LogP) is 3.00. The summed E-state index contributed by atoms with van der Waals surface area (Å²) in [5, 5.41) is 12.5. The molecule has 2 rings (SSSR count). The first-order chi connectivity index (χ1) is 7.00. The van der Waals surface area contributed by atoms with Gasteiger partial charge in [-0.2, -0.15) is 36.4 Å². The average Bonchev–Trinajstić information content (AvgIpc) is 3.01. The van der Waals surface area contributed by atoms with Gasteiger partial charge in [0, 0.05) is 0 Å². The van der Waals surface area contributed by atoms with Crippen LogP contribution < -0.4 is 0 Å². The molecular formula is C12H10N2V. The third kappa shape index (κ3) is 18.9. The second-order valence-corrected chi connectivity index (χ2v) is 1.92. The third-order valence-corrected chi connectivity index (χ3v) is 1.11.